The molecule has 0 unspecified atom stereocenters. The minimum absolute atomic E-state index is 0.0903. The lowest BCUT2D eigenvalue weighted by atomic mass is 9.77. The largest absolute Gasteiger partial charge is 0.326 e. The number of benzene rings is 1. The second-order valence-electron chi connectivity index (χ2n) is 7.72. The zero-order valence-electron chi connectivity index (χ0n) is 15.8. The lowest BCUT2D eigenvalue weighted by Gasteiger charge is -2.28. The fourth-order valence-corrected chi connectivity index (χ4v) is 4.27. The summed E-state index contributed by atoms with van der Waals surface area (Å²) >= 11 is 1.25. The summed E-state index contributed by atoms with van der Waals surface area (Å²) in [5.41, 5.74) is 3.08. The number of amidine groups is 1. The minimum atomic E-state index is -0.493. The number of anilines is 1. The molecule has 1 aliphatic heterocycles. The van der Waals surface area contributed by atoms with Crippen LogP contribution >= 0.6 is 11.8 Å². The predicted octanol–water partition coefficient (Wildman–Crippen LogP) is 3.73. The number of carbonyl (C=O) groups is 2. The second kappa shape index (κ2) is 8.08. The van der Waals surface area contributed by atoms with Crippen molar-refractivity contribution in [1.82, 2.24) is 5.32 Å². The van der Waals surface area contributed by atoms with Crippen LogP contribution in [-0.4, -0.2) is 27.9 Å². The first-order chi connectivity index (χ1) is 12.8. The number of para-hydroxylation sites is 1. The van der Waals surface area contributed by atoms with Crippen LogP contribution in [0.1, 0.15) is 40.0 Å². The van der Waals surface area contributed by atoms with E-state index in [0.29, 0.717) is 10.9 Å². The van der Waals surface area contributed by atoms with Gasteiger partial charge in [0.15, 0.2) is 5.17 Å². The van der Waals surface area contributed by atoms with E-state index in [0.717, 1.165) is 18.6 Å². The maximum Gasteiger partial charge on any atom is 0.240 e. The fraction of sp³-hybridized carbons (Fsp3) is 0.400. The molecule has 3 rings (SSSR count). The standard InChI is InChI=1S/C20H24N4O2S/c1-13-9-15(12-20(2,3)11-13)23-24-19-22-18(26)16(27-19)10-17(25)21-14-7-5-4-6-8-14/h4-9,16H,10-12H2,1-3H3,(H,21,25)(H,22,24,26)/b23-15+/t16-/m0/s1. The minimum Gasteiger partial charge on any atom is -0.326 e. The first-order valence-corrected chi connectivity index (χ1v) is 9.83. The molecule has 27 heavy (non-hydrogen) atoms. The molecule has 0 spiro atoms. The molecular weight excluding hydrogens is 360 g/mol. The van der Waals surface area contributed by atoms with Gasteiger partial charge in [0.1, 0.15) is 5.25 Å². The van der Waals surface area contributed by atoms with Gasteiger partial charge in [-0.1, -0.05) is 49.4 Å². The molecule has 0 saturated carbocycles. The van der Waals surface area contributed by atoms with Gasteiger partial charge in [-0.15, -0.1) is 5.10 Å². The third kappa shape index (κ3) is 5.53. The van der Waals surface area contributed by atoms with E-state index in [1.165, 1.54) is 17.3 Å². The zero-order chi connectivity index (χ0) is 19.4. The van der Waals surface area contributed by atoms with E-state index in [-0.39, 0.29) is 23.7 Å². The molecule has 1 saturated heterocycles. The molecule has 7 heteroatoms. The molecule has 0 aromatic heterocycles. The summed E-state index contributed by atoms with van der Waals surface area (Å²) < 4.78 is 0. The van der Waals surface area contributed by atoms with Gasteiger partial charge >= 0.3 is 0 Å². The number of hydrogen-bond acceptors (Lipinski definition) is 5. The van der Waals surface area contributed by atoms with Crippen molar-refractivity contribution in [1.29, 1.82) is 0 Å². The van der Waals surface area contributed by atoms with Crippen LogP contribution in [0.4, 0.5) is 5.69 Å². The van der Waals surface area contributed by atoms with Crippen LogP contribution in [-0.2, 0) is 9.59 Å². The van der Waals surface area contributed by atoms with E-state index in [1.807, 2.05) is 30.3 Å². The molecule has 1 fully saturated rings. The molecule has 1 aromatic rings. The van der Waals surface area contributed by atoms with Gasteiger partial charge in [-0.05, 0) is 43.4 Å². The Morgan fingerprint density at radius 2 is 2.00 bits per heavy atom. The number of nitrogens with zero attached hydrogens (tertiary/aromatic N) is 2. The average molecular weight is 385 g/mol. The Morgan fingerprint density at radius 1 is 1.26 bits per heavy atom. The van der Waals surface area contributed by atoms with Crippen molar-refractivity contribution < 1.29 is 9.59 Å². The first kappa shape index (κ1) is 19.4. The van der Waals surface area contributed by atoms with Gasteiger partial charge in [0.2, 0.25) is 11.8 Å². The van der Waals surface area contributed by atoms with Gasteiger partial charge < -0.3 is 10.6 Å². The quantitative estimate of drug-likeness (QED) is 0.776. The van der Waals surface area contributed by atoms with Gasteiger partial charge in [-0.2, -0.15) is 5.10 Å². The number of allylic oxidation sites excluding steroid dienone is 2. The topological polar surface area (TPSA) is 82.9 Å². The molecule has 6 nitrogen and oxygen atoms in total. The Kier molecular flexibility index (Phi) is 5.79. The van der Waals surface area contributed by atoms with E-state index in [9.17, 15) is 9.59 Å². The maximum atomic E-state index is 12.2. The molecule has 2 aliphatic rings. The monoisotopic (exact) mass is 384 g/mol. The van der Waals surface area contributed by atoms with E-state index in [4.69, 9.17) is 0 Å². The summed E-state index contributed by atoms with van der Waals surface area (Å²) in [4.78, 5) is 24.3. The van der Waals surface area contributed by atoms with Crippen molar-refractivity contribution in [2.24, 2.45) is 15.6 Å². The molecule has 0 radical (unpaired) electrons. The third-order valence-electron chi connectivity index (χ3n) is 4.30. The molecule has 2 amide bonds. The van der Waals surface area contributed by atoms with Crippen LogP contribution in [0, 0.1) is 5.41 Å². The summed E-state index contributed by atoms with van der Waals surface area (Å²) in [6, 6.07) is 9.19. The van der Waals surface area contributed by atoms with E-state index >= 15 is 0 Å². The number of thioether (sulfide) groups is 1. The van der Waals surface area contributed by atoms with Crippen LogP contribution < -0.4 is 10.6 Å². The van der Waals surface area contributed by atoms with Crippen molar-refractivity contribution in [3.05, 3.63) is 42.0 Å². The molecule has 142 valence electrons. The van der Waals surface area contributed by atoms with Gasteiger partial charge in [-0.3, -0.25) is 9.59 Å². The summed E-state index contributed by atoms with van der Waals surface area (Å²) in [7, 11) is 0. The van der Waals surface area contributed by atoms with Gasteiger partial charge in [0, 0.05) is 12.1 Å². The Balaban J connectivity index is 1.60. The Labute approximate surface area is 163 Å². The first-order valence-electron chi connectivity index (χ1n) is 8.95. The number of amides is 2. The Morgan fingerprint density at radius 3 is 2.70 bits per heavy atom. The van der Waals surface area contributed by atoms with Crippen LogP contribution in [0.3, 0.4) is 0 Å². The summed E-state index contributed by atoms with van der Waals surface area (Å²) in [5.74, 6) is -0.410. The highest BCUT2D eigenvalue weighted by molar-refractivity contribution is 8.15. The molecule has 1 heterocycles. The number of nitrogens with one attached hydrogen (secondary N) is 2. The highest BCUT2D eigenvalue weighted by Gasteiger charge is 2.32. The molecule has 2 N–H and O–H groups in total. The van der Waals surface area contributed by atoms with Crippen molar-refractivity contribution in [3.63, 3.8) is 0 Å². The van der Waals surface area contributed by atoms with Crippen molar-refractivity contribution in [2.75, 3.05) is 5.32 Å². The van der Waals surface area contributed by atoms with Crippen molar-refractivity contribution >= 4 is 40.1 Å². The van der Waals surface area contributed by atoms with Crippen molar-refractivity contribution in [3.8, 4) is 0 Å². The second-order valence-corrected chi connectivity index (χ2v) is 8.91. The van der Waals surface area contributed by atoms with Gasteiger partial charge in [-0.25, -0.2) is 0 Å². The van der Waals surface area contributed by atoms with E-state index in [1.54, 1.807) is 0 Å². The van der Waals surface area contributed by atoms with Crippen molar-refractivity contribution in [2.45, 2.75) is 45.3 Å². The molecule has 1 aromatic carbocycles. The van der Waals surface area contributed by atoms with Crippen LogP contribution in [0.15, 0.2) is 52.2 Å². The summed E-state index contributed by atoms with van der Waals surface area (Å²) in [6.07, 6.45) is 4.05. The zero-order valence-corrected chi connectivity index (χ0v) is 16.6. The number of hydrogen-bond donors (Lipinski definition) is 2. The van der Waals surface area contributed by atoms with Crippen LogP contribution in [0.25, 0.3) is 0 Å². The van der Waals surface area contributed by atoms with Crippen LogP contribution in [0.5, 0.6) is 0 Å². The molecular formula is C20H24N4O2S. The molecule has 1 aliphatic carbocycles. The predicted molar refractivity (Wildman–Crippen MR) is 111 cm³/mol. The van der Waals surface area contributed by atoms with Gasteiger partial charge in [0.25, 0.3) is 0 Å². The highest BCUT2D eigenvalue weighted by Crippen LogP contribution is 2.34. The summed E-state index contributed by atoms with van der Waals surface area (Å²) in [5, 5.41) is 14.0. The van der Waals surface area contributed by atoms with Gasteiger partial charge in [0.05, 0.1) is 5.71 Å². The smallest absolute Gasteiger partial charge is 0.240 e. The Bertz CT molecular complexity index is 828. The lowest BCUT2D eigenvalue weighted by molar-refractivity contribution is -0.122. The van der Waals surface area contributed by atoms with E-state index in [2.05, 4.69) is 47.7 Å². The molecule has 1 atom stereocenters. The summed E-state index contributed by atoms with van der Waals surface area (Å²) in [6.45, 7) is 6.51. The maximum absolute atomic E-state index is 12.2. The Hall–Kier alpha value is -2.41. The highest BCUT2D eigenvalue weighted by atomic mass is 32.2. The molecule has 0 bridgehead atoms. The average Bonchev–Trinajstić information content (AvgIpc) is 2.92. The number of rotatable bonds is 4. The SMILES string of the molecule is CC1=C/C(=N\N=C2/NC(=O)[C@H](CC(=O)Nc3ccccc3)S2)CC(C)(C)C1. The number of carbonyl (C=O) groups excluding carboxylic acids is 2. The normalized spacial score (nSPS) is 24.6. The third-order valence-corrected chi connectivity index (χ3v) is 5.38. The van der Waals surface area contributed by atoms with Crippen LogP contribution in [0.2, 0.25) is 0 Å². The lowest BCUT2D eigenvalue weighted by Crippen LogP contribution is -2.28. The van der Waals surface area contributed by atoms with E-state index < -0.39 is 5.25 Å². The fourth-order valence-electron chi connectivity index (χ4n) is 3.36.